The summed E-state index contributed by atoms with van der Waals surface area (Å²) in [6.07, 6.45) is 6.11. The number of hydrogen-bond acceptors (Lipinski definition) is 4. The number of carbonyl (C=O) groups excluding carboxylic acids is 1. The molecule has 0 aliphatic carbocycles. The Hall–Kier alpha value is -3.22. The van der Waals surface area contributed by atoms with E-state index in [1.54, 1.807) is 6.20 Å². The zero-order valence-electron chi connectivity index (χ0n) is 18.7. The Labute approximate surface area is 190 Å². The summed E-state index contributed by atoms with van der Waals surface area (Å²) in [6, 6.07) is 20.6. The predicted octanol–water partition coefficient (Wildman–Crippen LogP) is 3.51. The molecule has 3 aromatic rings. The van der Waals surface area contributed by atoms with E-state index in [9.17, 15) is 4.79 Å². The molecule has 0 unspecified atom stereocenters. The maximum Gasteiger partial charge on any atom is 0.239 e. The van der Waals surface area contributed by atoms with Crippen molar-refractivity contribution in [1.29, 1.82) is 0 Å². The molecule has 6 nitrogen and oxygen atoms in total. The van der Waals surface area contributed by atoms with Crippen molar-refractivity contribution in [2.45, 2.75) is 13.5 Å². The summed E-state index contributed by atoms with van der Waals surface area (Å²) >= 11 is 0. The summed E-state index contributed by atoms with van der Waals surface area (Å²) in [5, 5.41) is 7.41. The Morgan fingerprint density at radius 1 is 1.00 bits per heavy atom. The van der Waals surface area contributed by atoms with Crippen molar-refractivity contribution in [1.82, 2.24) is 19.6 Å². The van der Waals surface area contributed by atoms with Crippen LogP contribution in [0.3, 0.4) is 0 Å². The van der Waals surface area contributed by atoms with Gasteiger partial charge in [-0.15, -0.1) is 0 Å². The van der Waals surface area contributed by atoms with Gasteiger partial charge in [0.15, 0.2) is 0 Å². The van der Waals surface area contributed by atoms with E-state index in [0.717, 1.165) is 38.5 Å². The zero-order valence-corrected chi connectivity index (χ0v) is 18.7. The maximum atomic E-state index is 12.6. The molecule has 0 bridgehead atoms. The first-order valence-electron chi connectivity index (χ1n) is 11.2. The van der Waals surface area contributed by atoms with Gasteiger partial charge in [-0.3, -0.25) is 14.6 Å². The van der Waals surface area contributed by atoms with E-state index < -0.39 is 0 Å². The lowest BCUT2D eigenvalue weighted by Crippen LogP contribution is -2.48. The molecule has 0 radical (unpaired) electrons. The van der Waals surface area contributed by atoms with Gasteiger partial charge in [-0.25, -0.2) is 4.68 Å². The Kier molecular flexibility index (Phi) is 7.48. The number of nitrogens with zero attached hydrogens (tertiary/aromatic N) is 4. The van der Waals surface area contributed by atoms with Gasteiger partial charge in [0.05, 0.1) is 19.3 Å². The fourth-order valence-corrected chi connectivity index (χ4v) is 3.97. The molecule has 32 heavy (non-hydrogen) atoms. The summed E-state index contributed by atoms with van der Waals surface area (Å²) < 4.78 is 1.84. The van der Waals surface area contributed by atoms with Crippen LogP contribution < -0.4 is 5.32 Å². The highest BCUT2D eigenvalue weighted by atomic mass is 16.2. The average Bonchev–Trinajstić information content (AvgIpc) is 3.22. The van der Waals surface area contributed by atoms with Gasteiger partial charge in [0, 0.05) is 38.8 Å². The van der Waals surface area contributed by atoms with Gasteiger partial charge in [0.1, 0.15) is 5.82 Å². The monoisotopic (exact) mass is 429 g/mol. The van der Waals surface area contributed by atoms with Crippen molar-refractivity contribution < 1.29 is 4.79 Å². The molecule has 0 spiro atoms. The maximum absolute atomic E-state index is 12.6. The van der Waals surface area contributed by atoms with Crippen LogP contribution in [0.5, 0.6) is 0 Å². The average molecular weight is 430 g/mol. The first-order valence-corrected chi connectivity index (χ1v) is 11.2. The number of nitrogens with one attached hydrogen (secondary N) is 1. The van der Waals surface area contributed by atoms with E-state index in [0.29, 0.717) is 13.1 Å². The third kappa shape index (κ3) is 6.39. The van der Waals surface area contributed by atoms with Crippen molar-refractivity contribution in [3.63, 3.8) is 0 Å². The number of amides is 1. The summed E-state index contributed by atoms with van der Waals surface area (Å²) in [4.78, 5) is 17.3. The topological polar surface area (TPSA) is 53.4 Å². The second kappa shape index (κ2) is 10.9. The number of aromatic nitrogens is 2. The molecule has 1 aromatic heterocycles. The molecule has 2 aromatic carbocycles. The normalized spacial score (nSPS) is 15.3. The molecule has 1 aliphatic heterocycles. The van der Waals surface area contributed by atoms with Gasteiger partial charge in [-0.2, -0.15) is 5.10 Å². The second-order valence-corrected chi connectivity index (χ2v) is 8.30. The van der Waals surface area contributed by atoms with E-state index in [2.05, 4.69) is 81.8 Å². The molecule has 0 saturated carbocycles. The van der Waals surface area contributed by atoms with Crippen molar-refractivity contribution in [2.24, 2.45) is 0 Å². The molecule has 2 heterocycles. The first kappa shape index (κ1) is 22.0. The van der Waals surface area contributed by atoms with Crippen molar-refractivity contribution in [3.05, 3.63) is 89.6 Å². The van der Waals surface area contributed by atoms with E-state index in [1.807, 2.05) is 22.9 Å². The second-order valence-electron chi connectivity index (χ2n) is 8.30. The minimum Gasteiger partial charge on any atom is -0.310 e. The molecule has 1 aliphatic rings. The van der Waals surface area contributed by atoms with Crippen LogP contribution in [0, 0.1) is 6.92 Å². The highest BCUT2D eigenvalue weighted by Gasteiger charge is 2.19. The highest BCUT2D eigenvalue weighted by molar-refractivity contribution is 5.91. The third-order valence-electron chi connectivity index (χ3n) is 5.70. The van der Waals surface area contributed by atoms with Crippen LogP contribution in [-0.2, 0) is 11.3 Å². The SMILES string of the molecule is Cc1cccc(Cn2nccc2NC(=O)CN2CCN(C/C=C/c3ccccc3)CC2)c1. The lowest BCUT2D eigenvalue weighted by Gasteiger charge is -2.33. The molecule has 4 rings (SSSR count). The largest absolute Gasteiger partial charge is 0.310 e. The standard InChI is InChI=1S/C26H31N5O/c1-22-7-5-10-24(19-22)20-31-25(12-13-27-31)28-26(32)21-30-17-15-29(16-18-30)14-6-11-23-8-3-2-4-9-23/h2-13,19H,14-18,20-21H2,1H3,(H,28,32)/b11-6+. The minimum atomic E-state index is 0.00779. The van der Waals surface area contributed by atoms with Crippen LogP contribution >= 0.6 is 0 Å². The van der Waals surface area contributed by atoms with Crippen molar-refractivity contribution in [3.8, 4) is 0 Å². The number of aryl methyl sites for hydroxylation is 1. The van der Waals surface area contributed by atoms with E-state index in [1.165, 1.54) is 16.7 Å². The third-order valence-corrected chi connectivity index (χ3v) is 5.70. The van der Waals surface area contributed by atoms with Crippen LogP contribution in [0.1, 0.15) is 16.7 Å². The van der Waals surface area contributed by atoms with Gasteiger partial charge in [-0.05, 0) is 18.1 Å². The Morgan fingerprint density at radius 3 is 2.56 bits per heavy atom. The fraction of sp³-hybridized carbons (Fsp3) is 0.308. The van der Waals surface area contributed by atoms with E-state index in [-0.39, 0.29) is 5.91 Å². The van der Waals surface area contributed by atoms with Crippen molar-refractivity contribution >= 4 is 17.8 Å². The number of benzene rings is 2. The van der Waals surface area contributed by atoms with Crippen LogP contribution in [0.4, 0.5) is 5.82 Å². The Morgan fingerprint density at radius 2 is 1.78 bits per heavy atom. The minimum absolute atomic E-state index is 0.00779. The Balaban J connectivity index is 1.21. The van der Waals surface area contributed by atoms with E-state index >= 15 is 0 Å². The van der Waals surface area contributed by atoms with Crippen LogP contribution in [0.25, 0.3) is 6.08 Å². The van der Waals surface area contributed by atoms with Gasteiger partial charge >= 0.3 is 0 Å². The van der Waals surface area contributed by atoms with Gasteiger partial charge < -0.3 is 5.32 Å². The van der Waals surface area contributed by atoms with Crippen LogP contribution in [-0.4, -0.2) is 64.8 Å². The molecule has 1 N–H and O–H groups in total. The molecule has 0 atom stereocenters. The molecule has 6 heteroatoms. The summed E-state index contributed by atoms with van der Waals surface area (Å²) in [6.45, 7) is 7.80. The number of rotatable bonds is 8. The number of piperazine rings is 1. The molecular weight excluding hydrogens is 398 g/mol. The van der Waals surface area contributed by atoms with Gasteiger partial charge in [0.25, 0.3) is 0 Å². The lowest BCUT2D eigenvalue weighted by molar-refractivity contribution is -0.117. The lowest BCUT2D eigenvalue weighted by atomic mass is 10.1. The quantitative estimate of drug-likeness (QED) is 0.595. The number of carbonyl (C=O) groups is 1. The fourth-order valence-electron chi connectivity index (χ4n) is 3.97. The van der Waals surface area contributed by atoms with Gasteiger partial charge in [-0.1, -0.05) is 72.3 Å². The highest BCUT2D eigenvalue weighted by Crippen LogP contribution is 2.12. The predicted molar refractivity (Wildman–Crippen MR) is 129 cm³/mol. The summed E-state index contributed by atoms with van der Waals surface area (Å²) in [5.74, 6) is 0.745. The number of anilines is 1. The summed E-state index contributed by atoms with van der Waals surface area (Å²) in [5.41, 5.74) is 3.61. The summed E-state index contributed by atoms with van der Waals surface area (Å²) in [7, 11) is 0. The smallest absolute Gasteiger partial charge is 0.239 e. The molecule has 1 amide bonds. The van der Waals surface area contributed by atoms with Crippen molar-refractivity contribution in [2.75, 3.05) is 44.6 Å². The number of hydrogen-bond donors (Lipinski definition) is 1. The Bertz CT molecular complexity index is 1040. The van der Waals surface area contributed by atoms with E-state index in [4.69, 9.17) is 0 Å². The zero-order chi connectivity index (χ0) is 22.2. The van der Waals surface area contributed by atoms with Gasteiger partial charge in [0.2, 0.25) is 5.91 Å². The molecule has 1 saturated heterocycles. The molecule has 1 fully saturated rings. The van der Waals surface area contributed by atoms with Crippen LogP contribution in [0.2, 0.25) is 0 Å². The first-order chi connectivity index (χ1) is 15.7. The molecule has 166 valence electrons. The molecular formula is C26H31N5O. The van der Waals surface area contributed by atoms with Crippen LogP contribution in [0.15, 0.2) is 72.9 Å².